The second-order valence-corrected chi connectivity index (χ2v) is 5.80. The van der Waals surface area contributed by atoms with Crippen molar-refractivity contribution in [3.05, 3.63) is 42.0 Å². The van der Waals surface area contributed by atoms with E-state index in [4.69, 9.17) is 0 Å². The number of carbonyl (C=O) groups excluding carboxylic acids is 1. The number of carbonyl (C=O) groups is 1. The van der Waals surface area contributed by atoms with Gasteiger partial charge >= 0.3 is 0 Å². The Labute approximate surface area is 130 Å². The van der Waals surface area contributed by atoms with E-state index in [9.17, 15) is 9.90 Å². The molecule has 6 nitrogen and oxygen atoms in total. The summed E-state index contributed by atoms with van der Waals surface area (Å²) in [6.45, 7) is 4.19. The zero-order valence-corrected chi connectivity index (χ0v) is 13.2. The molecule has 1 aromatic heterocycles. The van der Waals surface area contributed by atoms with Crippen LogP contribution in [-0.4, -0.2) is 25.8 Å². The summed E-state index contributed by atoms with van der Waals surface area (Å²) in [6, 6.07) is 6.67. The first kappa shape index (κ1) is 16.0. The number of aryl methyl sites for hydroxylation is 1. The SMILES string of the molecule is CC(C)C[C@H](NC(=O)Cc1ccccc1O)c1ncnn1C. The second-order valence-electron chi connectivity index (χ2n) is 5.80. The summed E-state index contributed by atoms with van der Waals surface area (Å²) in [7, 11) is 1.81. The number of nitrogens with zero attached hydrogens (tertiary/aromatic N) is 3. The summed E-state index contributed by atoms with van der Waals surface area (Å²) in [5.74, 6) is 1.14. The Morgan fingerprint density at radius 2 is 2.09 bits per heavy atom. The molecule has 22 heavy (non-hydrogen) atoms. The lowest BCUT2D eigenvalue weighted by Crippen LogP contribution is -2.32. The maximum Gasteiger partial charge on any atom is 0.225 e. The van der Waals surface area contributed by atoms with Gasteiger partial charge in [-0.3, -0.25) is 9.48 Å². The van der Waals surface area contributed by atoms with Crippen molar-refractivity contribution in [3.8, 4) is 5.75 Å². The lowest BCUT2D eigenvalue weighted by atomic mass is 10.0. The highest BCUT2D eigenvalue weighted by Gasteiger charge is 2.21. The molecular weight excluding hydrogens is 280 g/mol. The summed E-state index contributed by atoms with van der Waals surface area (Å²) >= 11 is 0. The average molecular weight is 302 g/mol. The molecule has 1 aromatic carbocycles. The van der Waals surface area contributed by atoms with E-state index in [1.807, 2.05) is 7.05 Å². The number of hydrogen-bond acceptors (Lipinski definition) is 4. The van der Waals surface area contributed by atoms with Gasteiger partial charge < -0.3 is 10.4 Å². The highest BCUT2D eigenvalue weighted by Crippen LogP contribution is 2.20. The first-order valence-electron chi connectivity index (χ1n) is 7.37. The van der Waals surface area contributed by atoms with Gasteiger partial charge in [-0.2, -0.15) is 5.10 Å². The van der Waals surface area contributed by atoms with Crippen LogP contribution in [0.1, 0.15) is 37.7 Å². The third kappa shape index (κ3) is 4.07. The Balaban J connectivity index is 2.09. The number of phenols is 1. The number of rotatable bonds is 6. The normalized spacial score (nSPS) is 12.4. The van der Waals surface area contributed by atoms with Crippen molar-refractivity contribution in [2.45, 2.75) is 32.7 Å². The van der Waals surface area contributed by atoms with Gasteiger partial charge in [0.1, 0.15) is 17.9 Å². The van der Waals surface area contributed by atoms with Crippen molar-refractivity contribution in [1.82, 2.24) is 20.1 Å². The highest BCUT2D eigenvalue weighted by atomic mass is 16.3. The molecule has 0 unspecified atom stereocenters. The van der Waals surface area contributed by atoms with Crippen LogP contribution in [0.3, 0.4) is 0 Å². The summed E-state index contributed by atoms with van der Waals surface area (Å²) in [4.78, 5) is 16.5. The van der Waals surface area contributed by atoms with Crippen molar-refractivity contribution in [2.24, 2.45) is 13.0 Å². The first-order chi connectivity index (χ1) is 10.5. The second kappa shape index (κ2) is 7.06. The number of aromatic nitrogens is 3. The Morgan fingerprint density at radius 3 is 2.68 bits per heavy atom. The molecule has 0 aliphatic rings. The van der Waals surface area contributed by atoms with Crippen LogP contribution in [0, 0.1) is 5.92 Å². The van der Waals surface area contributed by atoms with Gasteiger partial charge in [0.05, 0.1) is 12.5 Å². The molecule has 2 aromatic rings. The molecular formula is C16H22N4O2. The van der Waals surface area contributed by atoms with E-state index in [1.54, 1.807) is 28.9 Å². The van der Waals surface area contributed by atoms with Crippen molar-refractivity contribution in [2.75, 3.05) is 0 Å². The fraction of sp³-hybridized carbons (Fsp3) is 0.438. The minimum Gasteiger partial charge on any atom is -0.508 e. The van der Waals surface area contributed by atoms with E-state index in [2.05, 4.69) is 29.2 Å². The predicted molar refractivity (Wildman–Crippen MR) is 83.2 cm³/mol. The fourth-order valence-corrected chi connectivity index (χ4v) is 2.40. The van der Waals surface area contributed by atoms with Gasteiger partial charge in [0.15, 0.2) is 0 Å². The molecule has 118 valence electrons. The molecule has 2 rings (SSSR count). The van der Waals surface area contributed by atoms with Gasteiger partial charge in [-0.15, -0.1) is 0 Å². The maximum atomic E-state index is 12.3. The van der Waals surface area contributed by atoms with Gasteiger partial charge in [-0.25, -0.2) is 4.98 Å². The van der Waals surface area contributed by atoms with E-state index >= 15 is 0 Å². The van der Waals surface area contributed by atoms with Crippen molar-refractivity contribution >= 4 is 5.91 Å². The molecule has 6 heteroatoms. The molecule has 1 atom stereocenters. The van der Waals surface area contributed by atoms with Crippen molar-refractivity contribution in [3.63, 3.8) is 0 Å². The number of amides is 1. The van der Waals surface area contributed by atoms with E-state index < -0.39 is 0 Å². The Kier molecular flexibility index (Phi) is 5.14. The molecule has 1 amide bonds. The van der Waals surface area contributed by atoms with Crippen molar-refractivity contribution < 1.29 is 9.90 Å². The van der Waals surface area contributed by atoms with E-state index in [-0.39, 0.29) is 24.1 Å². The summed E-state index contributed by atoms with van der Waals surface area (Å²) in [6.07, 6.45) is 2.40. The fourth-order valence-electron chi connectivity index (χ4n) is 2.40. The quantitative estimate of drug-likeness (QED) is 0.855. The minimum atomic E-state index is -0.189. The number of phenolic OH excluding ortho intramolecular Hbond substituents is 1. The summed E-state index contributed by atoms with van der Waals surface area (Å²) in [5.41, 5.74) is 0.612. The molecule has 0 bridgehead atoms. The van der Waals surface area contributed by atoms with Crippen LogP contribution in [0.15, 0.2) is 30.6 Å². The monoisotopic (exact) mass is 302 g/mol. The average Bonchev–Trinajstić information content (AvgIpc) is 2.86. The zero-order valence-electron chi connectivity index (χ0n) is 13.2. The smallest absolute Gasteiger partial charge is 0.225 e. The van der Waals surface area contributed by atoms with Crippen LogP contribution in [0.25, 0.3) is 0 Å². The molecule has 2 N–H and O–H groups in total. The third-order valence-corrected chi connectivity index (χ3v) is 3.44. The Bertz CT molecular complexity index is 637. The Morgan fingerprint density at radius 1 is 1.36 bits per heavy atom. The zero-order chi connectivity index (χ0) is 16.1. The maximum absolute atomic E-state index is 12.3. The number of nitrogens with one attached hydrogen (secondary N) is 1. The van der Waals surface area contributed by atoms with E-state index in [0.29, 0.717) is 11.5 Å². The van der Waals surface area contributed by atoms with Crippen LogP contribution in [0.5, 0.6) is 5.75 Å². The molecule has 0 saturated carbocycles. The standard InChI is InChI=1S/C16H22N4O2/c1-11(2)8-13(16-17-10-18-20(16)3)19-15(22)9-12-6-4-5-7-14(12)21/h4-7,10-11,13,21H,8-9H2,1-3H3,(H,19,22)/t13-/m0/s1. The molecule has 0 aliphatic carbocycles. The number of hydrogen-bond donors (Lipinski definition) is 2. The predicted octanol–water partition coefficient (Wildman–Crippen LogP) is 1.97. The molecule has 0 aliphatic heterocycles. The molecule has 0 saturated heterocycles. The summed E-state index contributed by atoms with van der Waals surface area (Å²) < 4.78 is 1.67. The molecule has 0 fully saturated rings. The molecule has 1 heterocycles. The van der Waals surface area contributed by atoms with Gasteiger partial charge in [-0.1, -0.05) is 32.0 Å². The molecule has 0 radical (unpaired) electrons. The Hall–Kier alpha value is -2.37. The lowest BCUT2D eigenvalue weighted by Gasteiger charge is -2.20. The minimum absolute atomic E-state index is 0.136. The van der Waals surface area contributed by atoms with E-state index in [0.717, 1.165) is 12.2 Å². The van der Waals surface area contributed by atoms with Crippen LogP contribution < -0.4 is 5.32 Å². The van der Waals surface area contributed by atoms with Crippen LogP contribution >= 0.6 is 0 Å². The van der Waals surface area contributed by atoms with Gasteiger partial charge in [0, 0.05) is 12.6 Å². The third-order valence-electron chi connectivity index (χ3n) is 3.44. The van der Waals surface area contributed by atoms with Gasteiger partial charge in [0.2, 0.25) is 5.91 Å². The topological polar surface area (TPSA) is 80.0 Å². The van der Waals surface area contributed by atoms with Crippen LogP contribution in [-0.2, 0) is 18.3 Å². The largest absolute Gasteiger partial charge is 0.508 e. The first-order valence-corrected chi connectivity index (χ1v) is 7.37. The number of para-hydroxylation sites is 1. The van der Waals surface area contributed by atoms with Crippen LogP contribution in [0.4, 0.5) is 0 Å². The number of benzene rings is 1. The molecule has 0 spiro atoms. The highest BCUT2D eigenvalue weighted by molar-refractivity contribution is 5.79. The van der Waals surface area contributed by atoms with Crippen LogP contribution in [0.2, 0.25) is 0 Å². The lowest BCUT2D eigenvalue weighted by molar-refractivity contribution is -0.121. The number of aromatic hydroxyl groups is 1. The van der Waals surface area contributed by atoms with Crippen molar-refractivity contribution in [1.29, 1.82) is 0 Å². The van der Waals surface area contributed by atoms with Gasteiger partial charge in [0.25, 0.3) is 0 Å². The van der Waals surface area contributed by atoms with E-state index in [1.165, 1.54) is 6.33 Å². The van der Waals surface area contributed by atoms with Gasteiger partial charge in [-0.05, 0) is 18.4 Å². The summed E-state index contributed by atoms with van der Waals surface area (Å²) in [5, 5.41) is 16.8.